The maximum Gasteiger partial charge on any atom is 0.306 e. The van der Waals surface area contributed by atoms with Gasteiger partial charge in [-0.15, -0.1) is 0 Å². The quantitative estimate of drug-likeness (QED) is 0.587. The van der Waals surface area contributed by atoms with E-state index in [0.717, 1.165) is 38.0 Å². The summed E-state index contributed by atoms with van der Waals surface area (Å²) in [7, 11) is 0.247. The number of methoxy groups -OCH3 is 1. The van der Waals surface area contributed by atoms with Crippen LogP contribution in [-0.4, -0.2) is 32.9 Å². The molecule has 1 aliphatic heterocycles. The van der Waals surface area contributed by atoms with Crippen LogP contribution in [0.3, 0.4) is 0 Å². The highest BCUT2D eigenvalue weighted by Crippen LogP contribution is 2.36. The molecule has 1 aromatic carbocycles. The van der Waals surface area contributed by atoms with Gasteiger partial charge in [0, 0.05) is 13.7 Å². The van der Waals surface area contributed by atoms with Crippen molar-refractivity contribution in [2.45, 2.75) is 50.2 Å². The fourth-order valence-corrected chi connectivity index (χ4v) is 9.02. The van der Waals surface area contributed by atoms with Crippen molar-refractivity contribution in [3.8, 4) is 0 Å². The molecule has 0 bridgehead atoms. The average molecular weight is 321 g/mol. The van der Waals surface area contributed by atoms with E-state index < -0.39 is 14.0 Å². The molecule has 1 aliphatic rings. The van der Waals surface area contributed by atoms with Gasteiger partial charge in [0.05, 0.1) is 14.0 Å². The van der Waals surface area contributed by atoms with Gasteiger partial charge in [0.15, 0.2) is 0 Å². The van der Waals surface area contributed by atoms with Gasteiger partial charge in [-0.1, -0.05) is 66.5 Å². The van der Waals surface area contributed by atoms with E-state index in [2.05, 4.69) is 30.3 Å². The van der Waals surface area contributed by atoms with Crippen LogP contribution in [0.4, 0.5) is 0 Å². The summed E-state index contributed by atoms with van der Waals surface area (Å²) in [4.78, 5) is 11.2. The molecule has 122 valence electrons. The van der Waals surface area contributed by atoms with Crippen LogP contribution in [0.2, 0.25) is 18.1 Å². The Balaban J connectivity index is 2.01. The van der Waals surface area contributed by atoms with Gasteiger partial charge in [-0.2, -0.15) is 0 Å². The molecule has 0 amide bonds. The number of aliphatic carboxylic acids is 1. The van der Waals surface area contributed by atoms with Crippen LogP contribution in [0.15, 0.2) is 30.3 Å². The number of hydrogen-bond donors (Lipinski definition) is 1. The maximum atomic E-state index is 11.2. The highest BCUT2D eigenvalue weighted by atomic mass is 28.3. The topological polar surface area (TPSA) is 46.5 Å². The number of carbonyl (C=O) groups is 1. The van der Waals surface area contributed by atoms with E-state index >= 15 is 0 Å². The fraction of sp³-hybridized carbons (Fsp3) is 0.611. The molecular weight excluding hydrogens is 292 g/mol. The van der Waals surface area contributed by atoms with E-state index in [1.165, 1.54) is 24.1 Å². The minimum Gasteiger partial charge on any atom is -0.481 e. The lowest BCUT2D eigenvalue weighted by molar-refractivity contribution is -0.142. The van der Waals surface area contributed by atoms with Crippen LogP contribution in [-0.2, 0) is 9.53 Å². The maximum absolute atomic E-state index is 11.2. The number of benzene rings is 1. The van der Waals surface area contributed by atoms with Gasteiger partial charge < -0.3 is 9.84 Å². The van der Waals surface area contributed by atoms with Crippen molar-refractivity contribution in [2.75, 3.05) is 13.7 Å². The molecule has 0 unspecified atom stereocenters. The molecule has 1 saturated heterocycles. The van der Waals surface area contributed by atoms with Crippen molar-refractivity contribution >= 4 is 19.2 Å². The van der Waals surface area contributed by atoms with Crippen LogP contribution in [0.25, 0.3) is 0 Å². The van der Waals surface area contributed by atoms with Crippen LogP contribution in [0.5, 0.6) is 0 Å². The molecule has 1 fully saturated rings. The third-order valence-electron chi connectivity index (χ3n) is 5.18. The van der Waals surface area contributed by atoms with E-state index in [4.69, 9.17) is 4.74 Å². The lowest BCUT2D eigenvalue weighted by Crippen LogP contribution is -2.50. The van der Waals surface area contributed by atoms with Gasteiger partial charge in [-0.3, -0.25) is 4.79 Å². The standard InChI is InChI=1S/C18H28O3Si/c1-21-12-6-3-7-13-22(17-8-4-2-5-9-17)14-10-16(11-15-22)18(19)20/h2,4-5,8-9,16H,3,6-7,10-15H2,1H3,(H,19,20). The van der Waals surface area contributed by atoms with Gasteiger partial charge in [0.25, 0.3) is 0 Å². The molecule has 1 aromatic rings. The number of unbranched alkanes of at least 4 members (excludes halogenated alkanes) is 2. The minimum absolute atomic E-state index is 0.113. The largest absolute Gasteiger partial charge is 0.481 e. The van der Waals surface area contributed by atoms with Gasteiger partial charge in [-0.05, 0) is 19.3 Å². The Labute approximate surface area is 134 Å². The zero-order chi connectivity index (χ0) is 15.8. The van der Waals surface area contributed by atoms with Crippen molar-refractivity contribution in [1.82, 2.24) is 0 Å². The summed E-state index contributed by atoms with van der Waals surface area (Å²) in [5.74, 6) is -0.714. The van der Waals surface area contributed by atoms with Crippen molar-refractivity contribution in [3.63, 3.8) is 0 Å². The molecule has 0 spiro atoms. The lowest BCUT2D eigenvalue weighted by atomic mass is 10.0. The molecule has 22 heavy (non-hydrogen) atoms. The second kappa shape index (κ2) is 8.49. The van der Waals surface area contributed by atoms with Crippen molar-refractivity contribution in [3.05, 3.63) is 30.3 Å². The first-order valence-electron chi connectivity index (χ1n) is 8.45. The zero-order valence-electron chi connectivity index (χ0n) is 13.6. The molecule has 2 rings (SSSR count). The summed E-state index contributed by atoms with van der Waals surface area (Å²) >= 11 is 0. The summed E-state index contributed by atoms with van der Waals surface area (Å²) in [6, 6.07) is 14.5. The molecular formula is C18H28O3Si. The first-order chi connectivity index (χ1) is 10.7. The minimum atomic E-state index is -1.51. The van der Waals surface area contributed by atoms with Gasteiger partial charge in [0.1, 0.15) is 0 Å². The van der Waals surface area contributed by atoms with Crippen molar-refractivity contribution < 1.29 is 14.6 Å². The summed E-state index contributed by atoms with van der Waals surface area (Å²) in [6.07, 6.45) is 5.34. The Morgan fingerprint density at radius 2 is 1.86 bits per heavy atom. The van der Waals surface area contributed by atoms with Crippen LogP contribution < -0.4 is 5.19 Å². The molecule has 3 nitrogen and oxygen atoms in total. The van der Waals surface area contributed by atoms with Crippen LogP contribution >= 0.6 is 0 Å². The molecule has 0 radical (unpaired) electrons. The van der Waals surface area contributed by atoms with Crippen molar-refractivity contribution in [2.24, 2.45) is 5.92 Å². The Bertz CT molecular complexity index is 453. The Morgan fingerprint density at radius 1 is 1.18 bits per heavy atom. The molecule has 0 aliphatic carbocycles. The third-order valence-corrected chi connectivity index (χ3v) is 10.5. The SMILES string of the molecule is COCCCCC[Si]1(c2ccccc2)CCC(C(=O)O)CC1. The monoisotopic (exact) mass is 320 g/mol. The average Bonchev–Trinajstić information content (AvgIpc) is 2.56. The summed E-state index contributed by atoms with van der Waals surface area (Å²) in [5.41, 5.74) is 0. The number of ether oxygens (including phenoxy) is 1. The predicted molar refractivity (Wildman–Crippen MR) is 92.3 cm³/mol. The summed E-state index contributed by atoms with van der Waals surface area (Å²) < 4.78 is 5.13. The van der Waals surface area contributed by atoms with E-state index in [0.29, 0.717) is 0 Å². The van der Waals surface area contributed by atoms with E-state index in [-0.39, 0.29) is 5.92 Å². The first-order valence-corrected chi connectivity index (χ1v) is 11.1. The van der Waals surface area contributed by atoms with Gasteiger partial charge in [0.2, 0.25) is 0 Å². The van der Waals surface area contributed by atoms with E-state index in [1.807, 2.05) is 0 Å². The second-order valence-corrected chi connectivity index (χ2v) is 11.2. The summed E-state index contributed by atoms with van der Waals surface area (Å²) in [5, 5.41) is 10.8. The third kappa shape index (κ3) is 4.43. The van der Waals surface area contributed by atoms with Gasteiger partial charge in [-0.25, -0.2) is 0 Å². The zero-order valence-corrected chi connectivity index (χ0v) is 14.6. The first kappa shape index (κ1) is 17.2. The predicted octanol–water partition coefficient (Wildman–Crippen LogP) is 3.65. The smallest absolute Gasteiger partial charge is 0.306 e. The van der Waals surface area contributed by atoms with Crippen LogP contribution in [0, 0.1) is 5.92 Å². The van der Waals surface area contributed by atoms with E-state index in [1.54, 1.807) is 7.11 Å². The molecule has 1 heterocycles. The Hall–Kier alpha value is -1.13. The van der Waals surface area contributed by atoms with Crippen LogP contribution in [0.1, 0.15) is 32.1 Å². The molecule has 0 atom stereocenters. The highest BCUT2D eigenvalue weighted by Gasteiger charge is 2.40. The van der Waals surface area contributed by atoms with E-state index in [9.17, 15) is 9.90 Å². The van der Waals surface area contributed by atoms with Crippen molar-refractivity contribution in [1.29, 1.82) is 0 Å². The Kier molecular flexibility index (Phi) is 6.64. The number of hydrogen-bond acceptors (Lipinski definition) is 2. The molecule has 0 aromatic heterocycles. The van der Waals surface area contributed by atoms with Gasteiger partial charge >= 0.3 is 5.97 Å². The Morgan fingerprint density at radius 3 is 2.45 bits per heavy atom. The molecule has 4 heteroatoms. The number of rotatable bonds is 8. The number of carboxylic acid groups (broad SMARTS) is 1. The molecule has 1 N–H and O–H groups in total. The lowest BCUT2D eigenvalue weighted by Gasteiger charge is -2.38. The number of carboxylic acids is 1. The second-order valence-electron chi connectivity index (χ2n) is 6.56. The normalized spacial score (nSPS) is 25.0. The summed E-state index contributed by atoms with van der Waals surface area (Å²) in [6.45, 7) is 0.848. The highest BCUT2D eigenvalue weighted by molar-refractivity contribution is 6.92. The fourth-order valence-electron chi connectivity index (χ4n) is 3.78. The molecule has 0 saturated carbocycles.